The number of nitrogens with zero attached hydrogens (tertiary/aromatic N) is 5. The molecule has 0 spiro atoms. The van der Waals surface area contributed by atoms with Gasteiger partial charge in [-0.25, -0.2) is 0 Å². The van der Waals surface area contributed by atoms with Gasteiger partial charge in [0.25, 0.3) is 0 Å². The monoisotopic (exact) mass is 635 g/mol. The predicted octanol–water partition coefficient (Wildman–Crippen LogP) is 10.8. The van der Waals surface area contributed by atoms with Crippen molar-refractivity contribution in [2.75, 3.05) is 0 Å². The average molecular weight is 636 g/mol. The van der Waals surface area contributed by atoms with Gasteiger partial charge in [-0.2, -0.15) is 15.8 Å². The first-order chi connectivity index (χ1) is 24.6. The Morgan fingerprint density at radius 1 is 0.360 bits per heavy atom. The van der Waals surface area contributed by atoms with Crippen LogP contribution >= 0.6 is 0 Å². The van der Waals surface area contributed by atoms with Gasteiger partial charge in [-0.15, -0.1) is 0 Å². The van der Waals surface area contributed by atoms with Crippen molar-refractivity contribution >= 4 is 43.6 Å². The topological polar surface area (TPSA) is 81.2 Å². The van der Waals surface area contributed by atoms with E-state index in [1.54, 1.807) is 0 Å². The van der Waals surface area contributed by atoms with E-state index >= 15 is 0 Å². The highest BCUT2D eigenvalue weighted by Crippen LogP contribution is 2.38. The van der Waals surface area contributed by atoms with Crippen molar-refractivity contribution in [3.8, 4) is 51.8 Å². The molecule has 0 amide bonds. The molecule has 7 aromatic carbocycles. The van der Waals surface area contributed by atoms with Gasteiger partial charge in [0.1, 0.15) is 0 Å². The number of hydrogen-bond donors (Lipinski definition) is 0. The molecular formula is C45H25N5. The van der Waals surface area contributed by atoms with Crippen molar-refractivity contribution < 1.29 is 0 Å². The molecule has 0 N–H and O–H groups in total. The molecule has 0 aliphatic carbocycles. The Labute approximate surface area is 287 Å². The van der Waals surface area contributed by atoms with Crippen LogP contribution < -0.4 is 0 Å². The van der Waals surface area contributed by atoms with E-state index in [-0.39, 0.29) is 0 Å². The molecule has 0 atom stereocenters. The molecule has 0 fully saturated rings. The summed E-state index contributed by atoms with van der Waals surface area (Å²) in [6.45, 7) is 0. The summed E-state index contributed by atoms with van der Waals surface area (Å²) in [5.41, 5.74) is 11.6. The molecule has 0 saturated heterocycles. The summed E-state index contributed by atoms with van der Waals surface area (Å²) in [6.07, 6.45) is 0. The molecule has 50 heavy (non-hydrogen) atoms. The Balaban J connectivity index is 1.19. The van der Waals surface area contributed by atoms with Gasteiger partial charge in [0.05, 0.1) is 62.7 Å². The van der Waals surface area contributed by atoms with Crippen molar-refractivity contribution in [3.63, 3.8) is 0 Å². The van der Waals surface area contributed by atoms with Crippen molar-refractivity contribution in [3.05, 3.63) is 168 Å². The van der Waals surface area contributed by atoms with Gasteiger partial charge >= 0.3 is 0 Å². The molecule has 9 rings (SSSR count). The van der Waals surface area contributed by atoms with Crippen LogP contribution in [0.15, 0.2) is 152 Å². The van der Waals surface area contributed by atoms with E-state index in [2.05, 4.69) is 118 Å². The van der Waals surface area contributed by atoms with Gasteiger partial charge < -0.3 is 9.13 Å². The number of aromatic nitrogens is 2. The normalized spacial score (nSPS) is 11.1. The van der Waals surface area contributed by atoms with Crippen molar-refractivity contribution in [2.45, 2.75) is 0 Å². The van der Waals surface area contributed by atoms with Gasteiger partial charge in [-0.3, -0.25) is 0 Å². The van der Waals surface area contributed by atoms with Gasteiger partial charge in [0.15, 0.2) is 0 Å². The highest BCUT2D eigenvalue weighted by atomic mass is 15.0. The summed E-state index contributed by atoms with van der Waals surface area (Å²) in [5, 5.41) is 34.0. The third kappa shape index (κ3) is 4.45. The summed E-state index contributed by atoms with van der Waals surface area (Å²) < 4.78 is 4.44. The fourth-order valence-corrected chi connectivity index (χ4v) is 7.35. The lowest BCUT2D eigenvalue weighted by molar-refractivity contribution is 1.18. The first-order valence-electron chi connectivity index (χ1n) is 16.3. The highest BCUT2D eigenvalue weighted by Gasteiger charge is 2.17. The minimum absolute atomic E-state index is 0.552. The Morgan fingerprint density at radius 2 is 0.880 bits per heavy atom. The summed E-state index contributed by atoms with van der Waals surface area (Å²) in [4.78, 5) is 0. The maximum absolute atomic E-state index is 10.1. The van der Waals surface area contributed by atoms with Crippen LogP contribution in [0, 0.1) is 34.0 Å². The number of fused-ring (bicyclic) bond motifs is 6. The molecule has 9 aromatic rings. The Bertz CT molecular complexity index is 2900. The molecule has 0 unspecified atom stereocenters. The highest BCUT2D eigenvalue weighted by molar-refractivity contribution is 6.10. The summed E-state index contributed by atoms with van der Waals surface area (Å²) >= 11 is 0. The molecule has 2 aromatic heterocycles. The summed E-state index contributed by atoms with van der Waals surface area (Å²) in [5.74, 6) is 0. The van der Waals surface area contributed by atoms with Gasteiger partial charge in [0.2, 0.25) is 0 Å². The zero-order chi connectivity index (χ0) is 33.8. The molecule has 0 aliphatic heterocycles. The largest absolute Gasteiger partial charge is 0.309 e. The van der Waals surface area contributed by atoms with E-state index in [4.69, 9.17) is 0 Å². The van der Waals surface area contributed by atoms with E-state index in [0.717, 1.165) is 66.5 Å². The second-order valence-corrected chi connectivity index (χ2v) is 12.4. The maximum Gasteiger partial charge on any atom is 0.0992 e. The quantitative estimate of drug-likeness (QED) is 0.193. The van der Waals surface area contributed by atoms with Crippen molar-refractivity contribution in [1.82, 2.24) is 9.13 Å². The van der Waals surface area contributed by atoms with Crippen molar-refractivity contribution in [1.29, 1.82) is 15.8 Å². The van der Waals surface area contributed by atoms with E-state index < -0.39 is 0 Å². The fourth-order valence-electron chi connectivity index (χ4n) is 7.35. The first-order valence-corrected chi connectivity index (χ1v) is 16.3. The predicted molar refractivity (Wildman–Crippen MR) is 200 cm³/mol. The van der Waals surface area contributed by atoms with Crippen molar-refractivity contribution in [2.24, 2.45) is 0 Å². The molecule has 2 heterocycles. The zero-order valence-electron chi connectivity index (χ0n) is 26.7. The van der Waals surface area contributed by atoms with Gasteiger partial charge in [-0.1, -0.05) is 78.9 Å². The lowest BCUT2D eigenvalue weighted by Crippen LogP contribution is -1.98. The molecule has 0 bridgehead atoms. The van der Waals surface area contributed by atoms with E-state index in [0.29, 0.717) is 16.7 Å². The minimum Gasteiger partial charge on any atom is -0.309 e. The number of rotatable bonds is 4. The van der Waals surface area contributed by atoms with Gasteiger partial charge in [0, 0.05) is 32.8 Å². The lowest BCUT2D eigenvalue weighted by atomic mass is 9.96. The molecule has 0 saturated carbocycles. The molecule has 230 valence electrons. The van der Waals surface area contributed by atoms with Crippen LogP contribution in [0.2, 0.25) is 0 Å². The Morgan fingerprint density at radius 3 is 1.52 bits per heavy atom. The SMILES string of the molecule is N#Cc1cc(-c2ccc(-c3cc(C#N)ccc3-n3c4ccccc4c4ccccc43)cc2)cc(-n2c3ccccc3c3cc(C#N)ccc32)c1. The summed E-state index contributed by atoms with van der Waals surface area (Å²) in [6, 6.07) is 57.8. The fraction of sp³-hybridized carbons (Fsp3) is 0. The Hall–Kier alpha value is -7.39. The molecular weight excluding hydrogens is 611 g/mol. The number of nitriles is 3. The lowest BCUT2D eigenvalue weighted by Gasteiger charge is -2.15. The second kappa shape index (κ2) is 11.4. The number of hydrogen-bond acceptors (Lipinski definition) is 3. The smallest absolute Gasteiger partial charge is 0.0992 e. The van der Waals surface area contributed by atoms with Crippen LogP contribution in [0.3, 0.4) is 0 Å². The summed E-state index contributed by atoms with van der Waals surface area (Å²) in [7, 11) is 0. The first kappa shape index (κ1) is 28.8. The average Bonchev–Trinajstić information content (AvgIpc) is 3.70. The second-order valence-electron chi connectivity index (χ2n) is 12.4. The molecule has 5 heteroatoms. The molecule has 0 aliphatic rings. The van der Waals surface area contributed by atoms with E-state index in [1.165, 1.54) is 10.8 Å². The van der Waals surface area contributed by atoms with E-state index in [9.17, 15) is 15.8 Å². The van der Waals surface area contributed by atoms with Crippen LogP contribution in [0.25, 0.3) is 77.2 Å². The van der Waals surface area contributed by atoms with Crippen LogP contribution in [-0.2, 0) is 0 Å². The molecule has 5 nitrogen and oxygen atoms in total. The van der Waals surface area contributed by atoms with Crippen LogP contribution in [0.5, 0.6) is 0 Å². The van der Waals surface area contributed by atoms with Crippen LogP contribution in [-0.4, -0.2) is 9.13 Å². The number of para-hydroxylation sites is 3. The van der Waals surface area contributed by atoms with Gasteiger partial charge in [-0.05, 0) is 89.5 Å². The molecule has 0 radical (unpaired) electrons. The third-order valence-electron chi connectivity index (χ3n) is 9.58. The van der Waals surface area contributed by atoms with Crippen LogP contribution in [0.4, 0.5) is 0 Å². The zero-order valence-corrected chi connectivity index (χ0v) is 26.7. The third-order valence-corrected chi connectivity index (χ3v) is 9.58. The number of benzene rings is 7. The maximum atomic E-state index is 10.1. The van der Waals surface area contributed by atoms with E-state index in [1.807, 2.05) is 60.7 Å². The van der Waals surface area contributed by atoms with Crippen LogP contribution in [0.1, 0.15) is 16.7 Å². The Kier molecular flexibility index (Phi) is 6.56. The minimum atomic E-state index is 0.552. The standard InChI is InChI=1S/C45H25N5/c46-26-29-13-19-44(50-42-11-5-1-7-36(42)37-8-2-6-12-43(37)50)39(23-29)33-17-15-32(16-18-33)34-21-31(28-48)22-35(25-34)49-41-10-4-3-9-38(41)40-24-30(27-47)14-20-45(40)49/h1-25H.